The highest BCUT2D eigenvalue weighted by Crippen LogP contribution is 2.21. The van der Waals surface area contributed by atoms with E-state index in [4.69, 9.17) is 4.74 Å². The lowest BCUT2D eigenvalue weighted by atomic mass is 10.1. The molecule has 1 unspecified atom stereocenters. The molecule has 0 amide bonds. The minimum absolute atomic E-state index is 0. The molecule has 1 atom stereocenters. The molecule has 2 N–H and O–H groups in total. The van der Waals surface area contributed by atoms with Crippen molar-refractivity contribution in [1.82, 2.24) is 10.6 Å². The fourth-order valence-corrected chi connectivity index (χ4v) is 3.31. The number of hydrogen-bond acceptors (Lipinski definition) is 3. The van der Waals surface area contributed by atoms with Crippen molar-refractivity contribution >= 4 is 41.7 Å². The zero-order valence-electron chi connectivity index (χ0n) is 14.5. The SMILES string of the molecule is CN=C(NCCC1=CCOCC1)NCC(C)Sc1ccccc1.I. The number of thioether (sulfide) groups is 1. The first kappa shape index (κ1) is 21.3. The molecular formula is C18H28IN3OS. The van der Waals surface area contributed by atoms with Crippen LogP contribution in [0.25, 0.3) is 0 Å². The molecule has 1 heterocycles. The number of halogens is 1. The van der Waals surface area contributed by atoms with Crippen molar-refractivity contribution in [3.05, 3.63) is 42.0 Å². The van der Waals surface area contributed by atoms with Gasteiger partial charge in [-0.25, -0.2) is 0 Å². The van der Waals surface area contributed by atoms with E-state index in [1.807, 2.05) is 24.9 Å². The summed E-state index contributed by atoms with van der Waals surface area (Å²) in [6.07, 6.45) is 4.30. The van der Waals surface area contributed by atoms with Gasteiger partial charge in [0.2, 0.25) is 0 Å². The number of hydrogen-bond donors (Lipinski definition) is 2. The Balaban J connectivity index is 0.00000288. The third-order valence-corrected chi connectivity index (χ3v) is 4.77. The smallest absolute Gasteiger partial charge is 0.191 e. The molecule has 0 bridgehead atoms. The third kappa shape index (κ3) is 8.39. The third-order valence-electron chi connectivity index (χ3n) is 3.66. The van der Waals surface area contributed by atoms with Crippen molar-refractivity contribution in [3.8, 4) is 0 Å². The molecule has 0 fully saturated rings. The van der Waals surface area contributed by atoms with Crippen LogP contribution in [0.4, 0.5) is 0 Å². The maximum Gasteiger partial charge on any atom is 0.191 e. The molecule has 1 aliphatic heterocycles. The van der Waals surface area contributed by atoms with Gasteiger partial charge >= 0.3 is 0 Å². The Labute approximate surface area is 166 Å². The normalized spacial score (nSPS) is 15.9. The Morgan fingerprint density at radius 3 is 2.75 bits per heavy atom. The first-order valence-electron chi connectivity index (χ1n) is 8.20. The van der Waals surface area contributed by atoms with Gasteiger partial charge in [-0.2, -0.15) is 0 Å². The summed E-state index contributed by atoms with van der Waals surface area (Å²) >= 11 is 1.87. The molecular weight excluding hydrogens is 433 g/mol. The molecule has 0 saturated heterocycles. The van der Waals surface area contributed by atoms with Crippen LogP contribution in [0.15, 0.2) is 51.9 Å². The first-order valence-corrected chi connectivity index (χ1v) is 9.08. The van der Waals surface area contributed by atoms with Crippen molar-refractivity contribution in [1.29, 1.82) is 0 Å². The van der Waals surface area contributed by atoms with Crippen molar-refractivity contribution in [2.24, 2.45) is 4.99 Å². The lowest BCUT2D eigenvalue weighted by Gasteiger charge is -2.17. The highest BCUT2D eigenvalue weighted by atomic mass is 127. The first-order chi connectivity index (χ1) is 11.3. The molecule has 0 aromatic heterocycles. The number of nitrogens with one attached hydrogen (secondary N) is 2. The number of ether oxygens (including phenoxy) is 1. The number of rotatable bonds is 7. The van der Waals surface area contributed by atoms with E-state index in [0.29, 0.717) is 5.25 Å². The second kappa shape index (κ2) is 12.6. The summed E-state index contributed by atoms with van der Waals surface area (Å²) in [7, 11) is 1.82. The lowest BCUT2D eigenvalue weighted by molar-refractivity contribution is 0.153. The Hall–Kier alpha value is -0.730. The molecule has 2 rings (SSSR count). The van der Waals surface area contributed by atoms with E-state index in [0.717, 1.165) is 45.1 Å². The fraction of sp³-hybridized carbons (Fsp3) is 0.500. The van der Waals surface area contributed by atoms with Crippen LogP contribution in [-0.2, 0) is 4.74 Å². The molecule has 4 nitrogen and oxygen atoms in total. The van der Waals surface area contributed by atoms with Crippen LogP contribution in [0.2, 0.25) is 0 Å². The van der Waals surface area contributed by atoms with Crippen LogP contribution >= 0.6 is 35.7 Å². The van der Waals surface area contributed by atoms with Gasteiger partial charge in [-0.3, -0.25) is 4.99 Å². The highest BCUT2D eigenvalue weighted by Gasteiger charge is 2.07. The van der Waals surface area contributed by atoms with Gasteiger partial charge in [0, 0.05) is 30.3 Å². The molecule has 0 spiro atoms. The van der Waals surface area contributed by atoms with E-state index in [2.05, 4.69) is 52.9 Å². The largest absolute Gasteiger partial charge is 0.377 e. The van der Waals surface area contributed by atoms with Gasteiger partial charge < -0.3 is 15.4 Å². The van der Waals surface area contributed by atoms with E-state index in [1.165, 1.54) is 10.5 Å². The summed E-state index contributed by atoms with van der Waals surface area (Å²) in [5.74, 6) is 0.873. The minimum atomic E-state index is 0. The van der Waals surface area contributed by atoms with Crippen LogP contribution in [0.3, 0.4) is 0 Å². The molecule has 24 heavy (non-hydrogen) atoms. The molecule has 0 radical (unpaired) electrons. The van der Waals surface area contributed by atoms with Gasteiger partial charge in [-0.1, -0.05) is 36.8 Å². The summed E-state index contributed by atoms with van der Waals surface area (Å²) < 4.78 is 5.33. The predicted octanol–water partition coefficient (Wildman–Crippen LogP) is 3.69. The van der Waals surface area contributed by atoms with E-state index in [9.17, 15) is 0 Å². The summed E-state index contributed by atoms with van der Waals surface area (Å²) in [6.45, 7) is 5.63. The molecule has 1 aliphatic rings. The average molecular weight is 461 g/mol. The van der Waals surface area contributed by atoms with Gasteiger partial charge in [-0.05, 0) is 25.0 Å². The van der Waals surface area contributed by atoms with Crippen LogP contribution in [-0.4, -0.2) is 44.6 Å². The minimum Gasteiger partial charge on any atom is -0.377 e. The number of guanidine groups is 1. The second-order valence-electron chi connectivity index (χ2n) is 5.56. The zero-order chi connectivity index (χ0) is 16.3. The van der Waals surface area contributed by atoms with Gasteiger partial charge in [0.25, 0.3) is 0 Å². The summed E-state index contributed by atoms with van der Waals surface area (Å²) in [5, 5.41) is 7.27. The average Bonchev–Trinajstić information content (AvgIpc) is 2.59. The van der Waals surface area contributed by atoms with Gasteiger partial charge in [0.05, 0.1) is 13.2 Å². The molecule has 134 valence electrons. The predicted molar refractivity (Wildman–Crippen MR) is 115 cm³/mol. The van der Waals surface area contributed by atoms with Crippen molar-refractivity contribution < 1.29 is 4.74 Å². The summed E-state index contributed by atoms with van der Waals surface area (Å²) in [4.78, 5) is 5.59. The maximum absolute atomic E-state index is 5.33. The van der Waals surface area contributed by atoms with Gasteiger partial charge in [0.15, 0.2) is 5.96 Å². The lowest BCUT2D eigenvalue weighted by Crippen LogP contribution is -2.40. The molecule has 1 aromatic carbocycles. The van der Waals surface area contributed by atoms with Gasteiger partial charge in [0.1, 0.15) is 0 Å². The molecule has 6 heteroatoms. The number of benzene rings is 1. The summed E-state index contributed by atoms with van der Waals surface area (Å²) in [5.41, 5.74) is 1.48. The molecule has 0 aliphatic carbocycles. The Bertz CT molecular complexity index is 522. The second-order valence-corrected chi connectivity index (χ2v) is 7.07. The van der Waals surface area contributed by atoms with E-state index in [1.54, 1.807) is 0 Å². The van der Waals surface area contributed by atoms with Crippen LogP contribution < -0.4 is 10.6 Å². The topological polar surface area (TPSA) is 45.7 Å². The maximum atomic E-state index is 5.33. The fourth-order valence-electron chi connectivity index (χ4n) is 2.37. The Kier molecular flexibility index (Phi) is 11.2. The van der Waals surface area contributed by atoms with E-state index >= 15 is 0 Å². The van der Waals surface area contributed by atoms with Gasteiger partial charge in [-0.15, -0.1) is 35.7 Å². The van der Waals surface area contributed by atoms with E-state index < -0.39 is 0 Å². The highest BCUT2D eigenvalue weighted by molar-refractivity contribution is 14.0. The van der Waals surface area contributed by atoms with Crippen molar-refractivity contribution in [2.45, 2.75) is 29.9 Å². The van der Waals surface area contributed by atoms with Crippen LogP contribution in [0.5, 0.6) is 0 Å². The molecule has 1 aromatic rings. The number of aliphatic imine (C=N–C) groups is 1. The molecule has 0 saturated carbocycles. The summed E-state index contributed by atoms with van der Waals surface area (Å²) in [6, 6.07) is 10.5. The quantitative estimate of drug-likeness (QED) is 0.214. The van der Waals surface area contributed by atoms with E-state index in [-0.39, 0.29) is 24.0 Å². The number of nitrogens with zero attached hydrogens (tertiary/aromatic N) is 1. The Morgan fingerprint density at radius 1 is 1.29 bits per heavy atom. The van der Waals surface area contributed by atoms with Crippen LogP contribution in [0, 0.1) is 0 Å². The Morgan fingerprint density at radius 2 is 2.08 bits per heavy atom. The van der Waals surface area contributed by atoms with Crippen molar-refractivity contribution in [2.75, 3.05) is 33.4 Å². The zero-order valence-corrected chi connectivity index (χ0v) is 17.6. The standard InChI is InChI=1S/C18H27N3OS.HI/c1-15(23-17-6-4-3-5-7-17)14-21-18(19-2)20-11-8-16-9-12-22-13-10-16;/h3-7,9,15H,8,10-14H2,1-2H3,(H2,19,20,21);1H. The van der Waals surface area contributed by atoms with Crippen molar-refractivity contribution in [3.63, 3.8) is 0 Å². The van der Waals surface area contributed by atoms with Crippen LogP contribution in [0.1, 0.15) is 19.8 Å². The monoisotopic (exact) mass is 461 g/mol.